The van der Waals surface area contributed by atoms with Crippen molar-refractivity contribution in [3.05, 3.63) is 105 Å². The van der Waals surface area contributed by atoms with E-state index < -0.39 is 0 Å². The molecule has 1 unspecified atom stereocenters. The van der Waals surface area contributed by atoms with Gasteiger partial charge in [-0.2, -0.15) is 5.26 Å². The minimum absolute atomic E-state index is 0.0717. The van der Waals surface area contributed by atoms with Crippen molar-refractivity contribution in [1.29, 1.82) is 5.26 Å². The number of ether oxygens (including phenoxy) is 2. The molecule has 1 aromatic heterocycles. The fourth-order valence-electron chi connectivity index (χ4n) is 5.70. The van der Waals surface area contributed by atoms with Crippen LogP contribution in [0.1, 0.15) is 61.8 Å². The molecule has 0 radical (unpaired) electrons. The van der Waals surface area contributed by atoms with Crippen molar-refractivity contribution in [2.75, 3.05) is 13.3 Å². The van der Waals surface area contributed by atoms with Gasteiger partial charge in [-0.1, -0.05) is 44.2 Å². The van der Waals surface area contributed by atoms with Gasteiger partial charge in [-0.15, -0.1) is 0 Å². The topological polar surface area (TPSA) is 88.1 Å². The number of nitriles is 1. The molecular formula is C33H31N3O4. The SMILES string of the molecule is CC(C)C(c1oc2cc(C#N)ccc2c(=O)c1Cc1ccccc1)N1CC(C)(C)N=C1c1ccc2c(c1)OCO2. The summed E-state index contributed by atoms with van der Waals surface area (Å²) in [5.41, 5.74) is 3.00. The summed E-state index contributed by atoms with van der Waals surface area (Å²) in [6, 6.07) is 22.7. The first-order chi connectivity index (χ1) is 19.2. The lowest BCUT2D eigenvalue weighted by molar-refractivity contribution is 0.174. The lowest BCUT2D eigenvalue weighted by Gasteiger charge is -2.35. The van der Waals surface area contributed by atoms with E-state index in [0.29, 0.717) is 52.3 Å². The second-order valence-corrected chi connectivity index (χ2v) is 11.4. The van der Waals surface area contributed by atoms with Crippen molar-refractivity contribution in [1.82, 2.24) is 4.90 Å². The summed E-state index contributed by atoms with van der Waals surface area (Å²) in [7, 11) is 0. The molecule has 3 aromatic carbocycles. The quantitative estimate of drug-likeness (QED) is 0.292. The zero-order chi connectivity index (χ0) is 28.0. The number of amidine groups is 1. The summed E-state index contributed by atoms with van der Waals surface area (Å²) >= 11 is 0. The highest BCUT2D eigenvalue weighted by Gasteiger charge is 2.40. The van der Waals surface area contributed by atoms with E-state index in [1.807, 2.05) is 48.5 Å². The number of fused-ring (bicyclic) bond motifs is 2. The average Bonchev–Trinajstić information content (AvgIpc) is 3.54. The van der Waals surface area contributed by atoms with Gasteiger partial charge >= 0.3 is 0 Å². The first-order valence-electron chi connectivity index (χ1n) is 13.5. The lowest BCUT2D eigenvalue weighted by atomic mass is 9.91. The van der Waals surface area contributed by atoms with E-state index in [2.05, 4.69) is 38.7 Å². The van der Waals surface area contributed by atoms with Crippen LogP contribution >= 0.6 is 0 Å². The van der Waals surface area contributed by atoms with Gasteiger partial charge in [0.2, 0.25) is 6.79 Å². The van der Waals surface area contributed by atoms with Crippen LogP contribution in [0, 0.1) is 17.2 Å². The smallest absolute Gasteiger partial charge is 0.231 e. The predicted molar refractivity (Wildman–Crippen MR) is 154 cm³/mol. The van der Waals surface area contributed by atoms with Gasteiger partial charge in [0.05, 0.1) is 28.6 Å². The molecule has 4 aromatic rings. The summed E-state index contributed by atoms with van der Waals surface area (Å²) in [5.74, 6) is 2.91. The van der Waals surface area contributed by atoms with Crippen molar-refractivity contribution in [2.45, 2.75) is 45.7 Å². The number of hydrogen-bond acceptors (Lipinski definition) is 7. The molecule has 0 saturated carbocycles. The van der Waals surface area contributed by atoms with E-state index in [4.69, 9.17) is 18.9 Å². The molecular weight excluding hydrogens is 502 g/mol. The molecule has 0 bridgehead atoms. The molecule has 202 valence electrons. The van der Waals surface area contributed by atoms with Gasteiger partial charge in [0, 0.05) is 24.1 Å². The van der Waals surface area contributed by atoms with E-state index in [1.54, 1.807) is 18.2 Å². The minimum atomic E-state index is -0.358. The number of hydrogen-bond donors (Lipinski definition) is 0. The van der Waals surface area contributed by atoms with Crippen LogP contribution in [0.15, 0.2) is 80.9 Å². The van der Waals surface area contributed by atoms with Gasteiger partial charge in [0.15, 0.2) is 16.9 Å². The van der Waals surface area contributed by atoms with E-state index in [1.165, 1.54) is 0 Å². The molecule has 2 aliphatic rings. The van der Waals surface area contributed by atoms with E-state index in [9.17, 15) is 10.1 Å². The standard InChI is InChI=1S/C33H31N3O4/c1-20(2)29(36-18-33(3,4)35-32(36)23-11-13-26-28(16-23)39-19-38-26)31-25(14-21-8-6-5-7-9-21)30(37)24-12-10-22(17-34)15-27(24)40-31/h5-13,15-16,20,29H,14,18-19H2,1-4H3. The Balaban J connectivity index is 1.54. The molecule has 7 heteroatoms. The first kappa shape index (κ1) is 25.7. The van der Waals surface area contributed by atoms with Crippen LogP contribution in [0.25, 0.3) is 11.0 Å². The summed E-state index contributed by atoms with van der Waals surface area (Å²) in [4.78, 5) is 21.5. The number of aliphatic imine (C=N–C) groups is 1. The van der Waals surface area contributed by atoms with Crippen LogP contribution in [-0.2, 0) is 6.42 Å². The van der Waals surface area contributed by atoms with Gasteiger partial charge in [0.25, 0.3) is 0 Å². The Morgan fingerprint density at radius 2 is 1.80 bits per heavy atom. The van der Waals surface area contributed by atoms with E-state index in [0.717, 1.165) is 17.0 Å². The van der Waals surface area contributed by atoms with Crippen molar-refractivity contribution in [3.8, 4) is 17.6 Å². The largest absolute Gasteiger partial charge is 0.458 e. The van der Waals surface area contributed by atoms with E-state index in [-0.39, 0.29) is 29.7 Å². The lowest BCUT2D eigenvalue weighted by Crippen LogP contribution is -2.39. The normalized spacial score (nSPS) is 16.3. The maximum absolute atomic E-state index is 14.1. The maximum atomic E-state index is 14.1. The Morgan fingerprint density at radius 3 is 2.55 bits per heavy atom. The zero-order valence-corrected chi connectivity index (χ0v) is 23.1. The maximum Gasteiger partial charge on any atom is 0.231 e. The van der Waals surface area contributed by atoms with Crippen molar-refractivity contribution in [3.63, 3.8) is 0 Å². The second-order valence-electron chi connectivity index (χ2n) is 11.4. The molecule has 6 rings (SSSR count). The third-order valence-electron chi connectivity index (χ3n) is 7.48. The molecule has 0 spiro atoms. The van der Waals surface area contributed by atoms with Gasteiger partial charge < -0.3 is 18.8 Å². The van der Waals surface area contributed by atoms with Crippen molar-refractivity contribution < 1.29 is 13.9 Å². The fourth-order valence-corrected chi connectivity index (χ4v) is 5.70. The van der Waals surface area contributed by atoms with Crippen LogP contribution < -0.4 is 14.9 Å². The fraction of sp³-hybridized carbons (Fsp3) is 0.303. The van der Waals surface area contributed by atoms with Crippen LogP contribution in [-0.4, -0.2) is 29.6 Å². The molecule has 3 heterocycles. The predicted octanol–water partition coefficient (Wildman–Crippen LogP) is 6.22. The highest BCUT2D eigenvalue weighted by molar-refractivity contribution is 6.01. The Bertz CT molecular complexity index is 1730. The highest BCUT2D eigenvalue weighted by Crippen LogP contribution is 2.40. The summed E-state index contributed by atoms with van der Waals surface area (Å²) in [6.45, 7) is 9.33. The van der Waals surface area contributed by atoms with Gasteiger partial charge in [-0.05, 0) is 61.7 Å². The molecule has 0 N–H and O–H groups in total. The van der Waals surface area contributed by atoms with Gasteiger partial charge in [0.1, 0.15) is 17.2 Å². The number of rotatable bonds is 6. The molecule has 0 amide bonds. The van der Waals surface area contributed by atoms with Gasteiger partial charge in [-0.3, -0.25) is 9.79 Å². The number of nitrogens with zero attached hydrogens (tertiary/aromatic N) is 3. The third kappa shape index (κ3) is 4.60. The summed E-state index contributed by atoms with van der Waals surface area (Å²) in [5, 5.41) is 10.0. The van der Waals surface area contributed by atoms with E-state index >= 15 is 0 Å². The van der Waals surface area contributed by atoms with Crippen LogP contribution in [0.4, 0.5) is 0 Å². The molecule has 0 aliphatic carbocycles. The Kier molecular flexibility index (Phi) is 6.34. The average molecular weight is 534 g/mol. The Morgan fingerprint density at radius 1 is 1.02 bits per heavy atom. The summed E-state index contributed by atoms with van der Waals surface area (Å²) in [6.07, 6.45) is 0.436. The Hall–Kier alpha value is -4.57. The molecule has 0 saturated heterocycles. The number of benzene rings is 3. The van der Waals surface area contributed by atoms with Crippen LogP contribution in [0.5, 0.6) is 11.5 Å². The van der Waals surface area contributed by atoms with Crippen molar-refractivity contribution >= 4 is 16.8 Å². The highest BCUT2D eigenvalue weighted by atomic mass is 16.7. The first-order valence-corrected chi connectivity index (χ1v) is 13.5. The monoisotopic (exact) mass is 533 g/mol. The second kappa shape index (κ2) is 9.87. The molecule has 1 atom stereocenters. The molecule has 0 fully saturated rings. The van der Waals surface area contributed by atoms with Crippen LogP contribution in [0.3, 0.4) is 0 Å². The summed E-state index contributed by atoms with van der Waals surface area (Å²) < 4.78 is 17.9. The Labute approximate surface area is 233 Å². The van der Waals surface area contributed by atoms with Crippen molar-refractivity contribution in [2.24, 2.45) is 10.9 Å². The molecule has 7 nitrogen and oxygen atoms in total. The molecule has 2 aliphatic heterocycles. The molecule has 40 heavy (non-hydrogen) atoms. The minimum Gasteiger partial charge on any atom is -0.458 e. The zero-order valence-electron chi connectivity index (χ0n) is 23.1. The third-order valence-corrected chi connectivity index (χ3v) is 7.48. The van der Waals surface area contributed by atoms with Gasteiger partial charge in [-0.25, -0.2) is 0 Å². The van der Waals surface area contributed by atoms with Crippen LogP contribution in [0.2, 0.25) is 0 Å².